The Morgan fingerprint density at radius 2 is 2.00 bits per heavy atom. The van der Waals surface area contributed by atoms with Crippen molar-refractivity contribution in [2.24, 2.45) is 5.73 Å². The van der Waals surface area contributed by atoms with Gasteiger partial charge in [0, 0.05) is 30.6 Å². The molecule has 0 unspecified atom stereocenters. The summed E-state index contributed by atoms with van der Waals surface area (Å²) < 4.78 is 0. The molecule has 1 amide bonds. The fraction of sp³-hybridized carbons (Fsp3) is 0.467. The van der Waals surface area contributed by atoms with Crippen molar-refractivity contribution in [3.63, 3.8) is 0 Å². The van der Waals surface area contributed by atoms with Crippen molar-refractivity contribution >= 4 is 34.9 Å². The number of amides is 1. The lowest BCUT2D eigenvalue weighted by Crippen LogP contribution is -2.46. The lowest BCUT2D eigenvalue weighted by atomic mass is 10.1. The Bertz CT molecular complexity index is 473. The Morgan fingerprint density at radius 1 is 1.33 bits per heavy atom. The highest BCUT2D eigenvalue weighted by Gasteiger charge is 2.20. The molecule has 0 radical (unpaired) electrons. The first-order valence-corrected chi connectivity index (χ1v) is 8.51. The zero-order chi connectivity index (χ0) is 15.1. The van der Waals surface area contributed by atoms with Crippen LogP contribution in [0.15, 0.2) is 35.2 Å². The van der Waals surface area contributed by atoms with Gasteiger partial charge in [0.2, 0.25) is 5.91 Å². The summed E-state index contributed by atoms with van der Waals surface area (Å²) in [6, 6.07) is 10.3. The van der Waals surface area contributed by atoms with Crippen molar-refractivity contribution in [2.75, 3.05) is 25.4 Å². The summed E-state index contributed by atoms with van der Waals surface area (Å²) in [7, 11) is 0. The molecule has 0 saturated carbocycles. The van der Waals surface area contributed by atoms with Crippen LogP contribution in [-0.2, 0) is 4.79 Å². The number of piperidine rings is 1. The summed E-state index contributed by atoms with van der Waals surface area (Å²) in [5, 5.41) is 3.11. The van der Waals surface area contributed by atoms with E-state index in [0.29, 0.717) is 17.3 Å². The van der Waals surface area contributed by atoms with Gasteiger partial charge in [0.1, 0.15) is 0 Å². The highest BCUT2D eigenvalue weighted by Crippen LogP contribution is 2.17. The van der Waals surface area contributed by atoms with E-state index in [0.717, 1.165) is 30.8 Å². The van der Waals surface area contributed by atoms with Gasteiger partial charge < -0.3 is 11.1 Å². The van der Waals surface area contributed by atoms with E-state index >= 15 is 0 Å². The maximum absolute atomic E-state index is 12.0. The minimum atomic E-state index is 0.108. The van der Waals surface area contributed by atoms with Gasteiger partial charge in [0.25, 0.3) is 0 Å². The number of carbonyl (C=O) groups excluding carboxylic acids is 1. The predicted molar refractivity (Wildman–Crippen MR) is 91.6 cm³/mol. The Balaban J connectivity index is 1.66. The molecule has 0 aromatic heterocycles. The highest BCUT2D eigenvalue weighted by atomic mass is 32.2. The molecule has 0 atom stereocenters. The highest BCUT2D eigenvalue weighted by molar-refractivity contribution is 8.00. The van der Waals surface area contributed by atoms with Crippen LogP contribution in [-0.4, -0.2) is 47.2 Å². The molecule has 1 saturated heterocycles. The van der Waals surface area contributed by atoms with Gasteiger partial charge in [0.05, 0.1) is 10.7 Å². The number of benzene rings is 1. The lowest BCUT2D eigenvalue weighted by molar-refractivity contribution is -0.119. The smallest absolute Gasteiger partial charge is 0.230 e. The second-order valence-corrected chi connectivity index (χ2v) is 6.76. The van der Waals surface area contributed by atoms with E-state index in [2.05, 4.69) is 10.2 Å². The van der Waals surface area contributed by atoms with Crippen molar-refractivity contribution in [1.82, 2.24) is 10.2 Å². The molecule has 3 N–H and O–H groups in total. The van der Waals surface area contributed by atoms with Crippen LogP contribution in [0.1, 0.15) is 12.8 Å². The van der Waals surface area contributed by atoms with Crippen LogP contribution >= 0.6 is 24.0 Å². The van der Waals surface area contributed by atoms with Crippen molar-refractivity contribution in [1.29, 1.82) is 0 Å². The normalized spacial score (nSPS) is 16.6. The maximum atomic E-state index is 12.0. The predicted octanol–water partition coefficient (Wildman–Crippen LogP) is 1.65. The van der Waals surface area contributed by atoms with E-state index in [9.17, 15) is 4.79 Å². The van der Waals surface area contributed by atoms with Gasteiger partial charge in [-0.15, -0.1) is 11.8 Å². The number of nitrogens with one attached hydrogen (secondary N) is 1. The molecule has 0 bridgehead atoms. The zero-order valence-corrected chi connectivity index (χ0v) is 13.6. The molecule has 21 heavy (non-hydrogen) atoms. The van der Waals surface area contributed by atoms with Crippen LogP contribution in [0.4, 0.5) is 0 Å². The summed E-state index contributed by atoms with van der Waals surface area (Å²) in [6.45, 7) is 2.56. The Kier molecular flexibility index (Phi) is 6.48. The summed E-state index contributed by atoms with van der Waals surface area (Å²) in [5.41, 5.74) is 5.55. The molecule has 1 heterocycles. The molecular weight excluding hydrogens is 302 g/mol. The summed E-state index contributed by atoms with van der Waals surface area (Å²) in [5.74, 6) is 0.577. The SMILES string of the molecule is NC(=S)CN1CCC(NC(=O)CSc2ccccc2)CC1. The van der Waals surface area contributed by atoms with Crippen molar-refractivity contribution in [3.05, 3.63) is 30.3 Å². The van der Waals surface area contributed by atoms with Crippen LogP contribution in [0.25, 0.3) is 0 Å². The van der Waals surface area contributed by atoms with Crippen LogP contribution in [0.2, 0.25) is 0 Å². The quantitative estimate of drug-likeness (QED) is 0.616. The van der Waals surface area contributed by atoms with Gasteiger partial charge in [-0.05, 0) is 25.0 Å². The molecule has 1 fully saturated rings. The van der Waals surface area contributed by atoms with Crippen molar-refractivity contribution in [2.45, 2.75) is 23.8 Å². The summed E-state index contributed by atoms with van der Waals surface area (Å²) in [4.78, 5) is 15.9. The van der Waals surface area contributed by atoms with Crippen LogP contribution < -0.4 is 11.1 Å². The molecule has 2 rings (SSSR count). The van der Waals surface area contributed by atoms with E-state index < -0.39 is 0 Å². The zero-order valence-electron chi connectivity index (χ0n) is 12.0. The third kappa shape index (κ3) is 6.03. The largest absolute Gasteiger partial charge is 0.392 e. The Morgan fingerprint density at radius 3 is 2.62 bits per heavy atom. The van der Waals surface area contributed by atoms with Gasteiger partial charge in [-0.3, -0.25) is 9.69 Å². The number of hydrogen-bond donors (Lipinski definition) is 2. The fourth-order valence-electron chi connectivity index (χ4n) is 2.39. The number of hydrogen-bond acceptors (Lipinski definition) is 4. The second-order valence-electron chi connectivity index (χ2n) is 5.19. The molecule has 1 aromatic carbocycles. The Labute approximate surface area is 135 Å². The topological polar surface area (TPSA) is 58.4 Å². The van der Waals surface area contributed by atoms with Gasteiger partial charge in [0.15, 0.2) is 0 Å². The van der Waals surface area contributed by atoms with E-state index in [4.69, 9.17) is 18.0 Å². The third-order valence-corrected chi connectivity index (χ3v) is 4.59. The number of likely N-dealkylation sites (tertiary alicyclic amines) is 1. The molecule has 6 heteroatoms. The van der Waals surface area contributed by atoms with Crippen LogP contribution in [0, 0.1) is 0 Å². The van der Waals surface area contributed by atoms with Gasteiger partial charge >= 0.3 is 0 Å². The van der Waals surface area contributed by atoms with Gasteiger partial charge in [-0.2, -0.15) is 0 Å². The first kappa shape index (κ1) is 16.3. The lowest BCUT2D eigenvalue weighted by Gasteiger charge is -2.31. The minimum absolute atomic E-state index is 0.108. The van der Waals surface area contributed by atoms with Crippen molar-refractivity contribution in [3.8, 4) is 0 Å². The number of nitrogens with zero attached hydrogens (tertiary/aromatic N) is 1. The standard InChI is InChI=1S/C15H21N3OS2/c16-14(20)10-18-8-6-12(7-9-18)17-15(19)11-21-13-4-2-1-3-5-13/h1-5,12H,6-11H2,(H2,16,20)(H,17,19). The number of nitrogens with two attached hydrogens (primary N) is 1. The van der Waals surface area contributed by atoms with E-state index in [1.165, 1.54) is 0 Å². The van der Waals surface area contributed by atoms with Crippen LogP contribution in [0.3, 0.4) is 0 Å². The van der Waals surface area contributed by atoms with Crippen LogP contribution in [0.5, 0.6) is 0 Å². The van der Waals surface area contributed by atoms with Gasteiger partial charge in [-0.1, -0.05) is 30.4 Å². The minimum Gasteiger partial charge on any atom is -0.392 e. The second kappa shape index (κ2) is 8.36. The summed E-state index contributed by atoms with van der Waals surface area (Å²) in [6.07, 6.45) is 1.93. The number of carbonyl (C=O) groups is 1. The van der Waals surface area contributed by atoms with E-state index in [-0.39, 0.29) is 11.9 Å². The maximum Gasteiger partial charge on any atom is 0.230 e. The molecule has 1 aromatic rings. The average molecular weight is 323 g/mol. The van der Waals surface area contributed by atoms with Gasteiger partial charge in [-0.25, -0.2) is 0 Å². The average Bonchev–Trinajstić information content (AvgIpc) is 2.48. The molecule has 1 aliphatic rings. The molecule has 0 spiro atoms. The van der Waals surface area contributed by atoms with Crippen molar-refractivity contribution < 1.29 is 4.79 Å². The third-order valence-electron chi connectivity index (χ3n) is 3.45. The number of rotatable bonds is 6. The molecule has 0 aliphatic carbocycles. The monoisotopic (exact) mass is 323 g/mol. The first-order valence-electron chi connectivity index (χ1n) is 7.11. The molecular formula is C15H21N3OS2. The van der Waals surface area contributed by atoms with E-state index in [1.54, 1.807) is 11.8 Å². The fourth-order valence-corrected chi connectivity index (χ4v) is 3.30. The molecule has 4 nitrogen and oxygen atoms in total. The Hall–Kier alpha value is -1.11. The van der Waals surface area contributed by atoms with E-state index in [1.807, 2.05) is 30.3 Å². The number of thioether (sulfide) groups is 1. The first-order chi connectivity index (χ1) is 10.1. The molecule has 114 valence electrons. The molecule has 1 aliphatic heterocycles. The summed E-state index contributed by atoms with van der Waals surface area (Å²) >= 11 is 6.49. The number of thiocarbonyl (C=S) groups is 1.